The first-order valence-corrected chi connectivity index (χ1v) is 7.09. The summed E-state index contributed by atoms with van der Waals surface area (Å²) in [5.74, 6) is -0.250. The van der Waals surface area contributed by atoms with Crippen molar-refractivity contribution < 1.29 is 9.13 Å². The third-order valence-corrected chi connectivity index (χ3v) is 3.29. The molecule has 25 heavy (non-hydrogen) atoms. The minimum Gasteiger partial charge on any atom is -0.438 e. The molecule has 2 heterocycles. The van der Waals surface area contributed by atoms with E-state index in [2.05, 4.69) is 4.98 Å². The van der Waals surface area contributed by atoms with Crippen molar-refractivity contribution in [3.05, 3.63) is 76.0 Å². The zero-order valence-electron chi connectivity index (χ0n) is 12.7. The number of allylic oxidation sites excluding steroid dienone is 1. The molecule has 0 spiro atoms. The largest absolute Gasteiger partial charge is 0.438 e. The van der Waals surface area contributed by atoms with Gasteiger partial charge in [-0.25, -0.2) is 4.39 Å². The average Bonchev–Trinajstić information content (AvgIpc) is 2.64. The Morgan fingerprint density at radius 1 is 1.16 bits per heavy atom. The van der Waals surface area contributed by atoms with Gasteiger partial charge in [-0.05, 0) is 42.5 Å². The monoisotopic (exact) mass is 332 g/mol. The van der Waals surface area contributed by atoms with E-state index in [1.165, 1.54) is 34.9 Å². The molecule has 3 rings (SSSR count). The Bertz CT molecular complexity index is 1100. The lowest BCUT2D eigenvalue weighted by molar-refractivity contribution is 0.459. The van der Waals surface area contributed by atoms with Gasteiger partial charge in [0.25, 0.3) is 5.56 Å². The van der Waals surface area contributed by atoms with Gasteiger partial charge in [0.2, 0.25) is 5.88 Å². The number of ether oxygens (including phenoxy) is 1. The highest BCUT2D eigenvalue weighted by atomic mass is 19.1. The van der Waals surface area contributed by atoms with E-state index in [4.69, 9.17) is 15.3 Å². The number of hydrogen-bond acceptors (Lipinski definition) is 5. The molecule has 0 radical (unpaired) electrons. The van der Waals surface area contributed by atoms with Gasteiger partial charge in [-0.2, -0.15) is 15.5 Å². The van der Waals surface area contributed by atoms with Gasteiger partial charge < -0.3 is 4.74 Å². The Kier molecular flexibility index (Phi) is 4.23. The molecule has 6 nitrogen and oxygen atoms in total. The molecular weight excluding hydrogens is 323 g/mol. The number of fused-ring (bicyclic) bond motifs is 1. The number of pyridine rings is 1. The van der Waals surface area contributed by atoms with Crippen LogP contribution in [0.15, 0.2) is 59.0 Å². The molecule has 0 N–H and O–H groups in total. The lowest BCUT2D eigenvalue weighted by atomic mass is 10.2. The standard InChI is InChI=1S/C18H9FN4O2/c19-13-4-6-14(7-5-13)25-17-15(9-12(10-20)11-21)18(24)23-8-2-1-3-16(23)22-17/h1-9H. The van der Waals surface area contributed by atoms with Crippen LogP contribution in [-0.2, 0) is 0 Å². The van der Waals surface area contributed by atoms with Crippen LogP contribution in [0, 0.1) is 28.5 Å². The molecule has 1 aromatic carbocycles. The first kappa shape index (κ1) is 15.9. The topological polar surface area (TPSA) is 91.2 Å². The van der Waals surface area contributed by atoms with Crippen LogP contribution in [0.1, 0.15) is 5.56 Å². The van der Waals surface area contributed by atoms with E-state index < -0.39 is 11.4 Å². The molecule has 0 atom stereocenters. The minimum absolute atomic E-state index is 0.0499. The van der Waals surface area contributed by atoms with Gasteiger partial charge in [0.05, 0.1) is 0 Å². The fraction of sp³-hybridized carbons (Fsp3) is 0. The zero-order chi connectivity index (χ0) is 17.8. The van der Waals surface area contributed by atoms with Crippen LogP contribution in [0.3, 0.4) is 0 Å². The quantitative estimate of drug-likeness (QED) is 0.687. The summed E-state index contributed by atoms with van der Waals surface area (Å²) in [6.45, 7) is 0. The second-order valence-electron chi connectivity index (χ2n) is 4.90. The SMILES string of the molecule is N#CC(C#N)=Cc1c(Oc2ccc(F)cc2)nc2ccccn2c1=O. The Hall–Kier alpha value is -3.97. The van der Waals surface area contributed by atoms with Gasteiger partial charge in [0, 0.05) is 6.20 Å². The Morgan fingerprint density at radius 2 is 1.88 bits per heavy atom. The summed E-state index contributed by atoms with van der Waals surface area (Å²) in [5, 5.41) is 17.9. The molecule has 0 amide bonds. The normalized spacial score (nSPS) is 9.88. The molecule has 3 aromatic rings. The number of benzene rings is 1. The lowest BCUT2D eigenvalue weighted by Gasteiger charge is -2.09. The molecule has 0 fully saturated rings. The van der Waals surface area contributed by atoms with Crippen molar-refractivity contribution in [2.24, 2.45) is 0 Å². The fourth-order valence-electron chi connectivity index (χ4n) is 2.13. The molecule has 0 saturated carbocycles. The van der Waals surface area contributed by atoms with Gasteiger partial charge in [-0.1, -0.05) is 6.07 Å². The van der Waals surface area contributed by atoms with Gasteiger partial charge in [0.15, 0.2) is 0 Å². The maximum absolute atomic E-state index is 13.0. The van der Waals surface area contributed by atoms with E-state index in [-0.39, 0.29) is 22.8 Å². The van der Waals surface area contributed by atoms with E-state index in [1.54, 1.807) is 30.3 Å². The predicted octanol–water partition coefficient (Wildman–Crippen LogP) is 3.06. The van der Waals surface area contributed by atoms with Crippen LogP contribution in [0.25, 0.3) is 11.7 Å². The number of nitriles is 2. The molecule has 120 valence electrons. The third-order valence-electron chi connectivity index (χ3n) is 3.29. The zero-order valence-corrected chi connectivity index (χ0v) is 12.7. The summed E-state index contributed by atoms with van der Waals surface area (Å²) < 4.78 is 19.9. The first-order valence-electron chi connectivity index (χ1n) is 7.09. The average molecular weight is 332 g/mol. The number of nitrogens with zero attached hydrogens (tertiary/aromatic N) is 4. The summed E-state index contributed by atoms with van der Waals surface area (Å²) in [7, 11) is 0. The Balaban J connectivity index is 2.23. The predicted molar refractivity (Wildman–Crippen MR) is 87.1 cm³/mol. The summed E-state index contributed by atoms with van der Waals surface area (Å²) in [6.07, 6.45) is 2.63. The van der Waals surface area contributed by atoms with Crippen molar-refractivity contribution in [3.8, 4) is 23.8 Å². The molecule has 0 aliphatic heterocycles. The van der Waals surface area contributed by atoms with E-state index in [1.807, 2.05) is 0 Å². The molecular formula is C18H9FN4O2. The van der Waals surface area contributed by atoms with Crippen LogP contribution in [0.5, 0.6) is 11.6 Å². The molecule has 0 unspecified atom stereocenters. The van der Waals surface area contributed by atoms with Gasteiger partial charge in [-0.15, -0.1) is 0 Å². The van der Waals surface area contributed by atoms with Crippen molar-refractivity contribution in [2.45, 2.75) is 0 Å². The summed E-state index contributed by atoms with van der Waals surface area (Å²) in [4.78, 5) is 16.9. The van der Waals surface area contributed by atoms with E-state index in [0.717, 1.165) is 6.08 Å². The smallest absolute Gasteiger partial charge is 0.269 e. The summed E-state index contributed by atoms with van der Waals surface area (Å²) in [6, 6.07) is 13.5. The number of halogens is 1. The van der Waals surface area contributed by atoms with Crippen LogP contribution >= 0.6 is 0 Å². The van der Waals surface area contributed by atoms with Gasteiger partial charge >= 0.3 is 0 Å². The van der Waals surface area contributed by atoms with Crippen molar-refractivity contribution in [3.63, 3.8) is 0 Å². The summed E-state index contributed by atoms with van der Waals surface area (Å²) >= 11 is 0. The second kappa shape index (κ2) is 6.65. The first-order chi connectivity index (χ1) is 12.1. The molecule has 2 aromatic heterocycles. The third kappa shape index (κ3) is 3.21. The molecule has 0 aliphatic carbocycles. The maximum Gasteiger partial charge on any atom is 0.269 e. The van der Waals surface area contributed by atoms with Crippen molar-refractivity contribution in [1.29, 1.82) is 10.5 Å². The Labute approximate surface area is 141 Å². The highest BCUT2D eigenvalue weighted by molar-refractivity contribution is 5.66. The van der Waals surface area contributed by atoms with Crippen LogP contribution < -0.4 is 10.3 Å². The van der Waals surface area contributed by atoms with E-state index in [0.29, 0.717) is 5.65 Å². The van der Waals surface area contributed by atoms with Crippen molar-refractivity contribution >= 4 is 11.7 Å². The summed E-state index contributed by atoms with van der Waals surface area (Å²) in [5.41, 5.74) is -0.479. The van der Waals surface area contributed by atoms with Gasteiger partial charge in [-0.3, -0.25) is 9.20 Å². The number of rotatable bonds is 3. The number of aromatic nitrogens is 2. The highest BCUT2D eigenvalue weighted by Crippen LogP contribution is 2.24. The second-order valence-corrected chi connectivity index (χ2v) is 4.90. The fourth-order valence-corrected chi connectivity index (χ4v) is 2.13. The number of hydrogen-bond donors (Lipinski definition) is 0. The molecule has 0 bridgehead atoms. The van der Waals surface area contributed by atoms with Crippen molar-refractivity contribution in [1.82, 2.24) is 9.38 Å². The molecule has 0 aliphatic rings. The lowest BCUT2D eigenvalue weighted by Crippen LogP contribution is -2.18. The van der Waals surface area contributed by atoms with Crippen LogP contribution in [0.2, 0.25) is 0 Å². The molecule has 0 saturated heterocycles. The van der Waals surface area contributed by atoms with Crippen LogP contribution in [0.4, 0.5) is 4.39 Å². The van der Waals surface area contributed by atoms with Crippen LogP contribution in [-0.4, -0.2) is 9.38 Å². The Morgan fingerprint density at radius 3 is 2.56 bits per heavy atom. The molecule has 7 heteroatoms. The highest BCUT2D eigenvalue weighted by Gasteiger charge is 2.14. The van der Waals surface area contributed by atoms with E-state index >= 15 is 0 Å². The van der Waals surface area contributed by atoms with Gasteiger partial charge in [0.1, 0.15) is 40.5 Å². The van der Waals surface area contributed by atoms with Crippen molar-refractivity contribution in [2.75, 3.05) is 0 Å². The maximum atomic E-state index is 13.0. The minimum atomic E-state index is -0.495. The van der Waals surface area contributed by atoms with E-state index in [9.17, 15) is 9.18 Å².